The Kier molecular flexibility index (Phi) is 11.1. The van der Waals surface area contributed by atoms with Gasteiger partial charge in [0, 0.05) is 36.8 Å². The number of ether oxygens (including phenoxy) is 2. The zero-order valence-electron chi connectivity index (χ0n) is 31.2. The van der Waals surface area contributed by atoms with E-state index in [9.17, 15) is 19.2 Å². The Morgan fingerprint density at radius 3 is 1.38 bits per heavy atom. The Bertz CT molecular complexity index is 2310. The minimum atomic E-state index is -0.815. The normalized spacial score (nSPS) is 15.7. The summed E-state index contributed by atoms with van der Waals surface area (Å²) < 4.78 is 14.5. The molecule has 2 amide bonds. The highest BCUT2D eigenvalue weighted by atomic mass is 16.7. The Labute approximate surface area is 333 Å². The molecule has 0 spiro atoms. The zero-order chi connectivity index (χ0) is 39.8. The predicted octanol–water partition coefficient (Wildman–Crippen LogP) is 6.32. The Morgan fingerprint density at radius 2 is 0.948 bits per heavy atom. The fourth-order valence-corrected chi connectivity index (χ4v) is 6.94. The molecule has 14 nitrogen and oxygen atoms in total. The highest BCUT2D eigenvalue weighted by Gasteiger charge is 2.31. The summed E-state index contributed by atoms with van der Waals surface area (Å²) >= 11 is 0. The second-order valence-electron chi connectivity index (χ2n) is 13.8. The van der Waals surface area contributed by atoms with Gasteiger partial charge in [0.15, 0.2) is 11.5 Å². The molecule has 292 valence electrons. The molecular weight excluding hydrogens is 741 g/mol. The first-order valence-electron chi connectivity index (χ1n) is 18.8. The number of carbonyl (C=O) groups excluding carboxylic acids is 4. The minimum Gasteiger partial charge on any atom is -0.455 e. The van der Waals surface area contributed by atoms with Crippen LogP contribution in [-0.2, 0) is 44.9 Å². The number of amides is 2. The van der Waals surface area contributed by atoms with Crippen molar-refractivity contribution in [3.8, 4) is 23.0 Å². The van der Waals surface area contributed by atoms with Crippen LogP contribution in [0.5, 0.6) is 23.0 Å². The molecule has 14 heteroatoms. The van der Waals surface area contributed by atoms with Crippen LogP contribution in [0.15, 0.2) is 134 Å². The molecule has 2 heterocycles. The maximum atomic E-state index is 13.3. The standard InChI is InChI=1S/C44H38N6O8/c51-41(57-49-27-45-35-25-29(19-21-37(35)49)43(53)47-33-15-7-9-17-39(33)55-31-11-3-1-4-12-31)23-24-42(52)58-50-28-46-36-26-30(20-22-38(36)50)44(54)48-34-16-8-10-18-40(34)56-32-13-5-2-6-14-32/h1-18,23-24,27-30H,19-22,25-26H2,(H,47,53)(H,48,54)/b24-23+. The van der Waals surface area contributed by atoms with Crippen LogP contribution in [0.1, 0.15) is 35.6 Å². The third-order valence-corrected chi connectivity index (χ3v) is 9.88. The summed E-state index contributed by atoms with van der Waals surface area (Å²) in [5.41, 5.74) is 3.74. The number of imidazole rings is 2. The van der Waals surface area contributed by atoms with Gasteiger partial charge in [0.1, 0.15) is 24.2 Å². The number of anilines is 2. The molecule has 0 saturated carbocycles. The van der Waals surface area contributed by atoms with Gasteiger partial charge in [0.05, 0.1) is 34.2 Å². The average Bonchev–Trinajstić information content (AvgIpc) is 3.84. The number of hydrogen-bond donors (Lipinski definition) is 2. The van der Waals surface area contributed by atoms with Crippen LogP contribution in [0.3, 0.4) is 0 Å². The lowest BCUT2D eigenvalue weighted by Crippen LogP contribution is -2.30. The van der Waals surface area contributed by atoms with Crippen molar-refractivity contribution in [2.75, 3.05) is 10.6 Å². The first kappa shape index (κ1) is 37.4. The third-order valence-electron chi connectivity index (χ3n) is 9.88. The van der Waals surface area contributed by atoms with E-state index in [1.165, 1.54) is 22.1 Å². The van der Waals surface area contributed by atoms with Gasteiger partial charge in [-0.25, -0.2) is 19.6 Å². The number of benzene rings is 4. The van der Waals surface area contributed by atoms with Crippen molar-refractivity contribution in [1.82, 2.24) is 19.4 Å². The molecule has 6 aromatic rings. The molecule has 2 aliphatic rings. The lowest BCUT2D eigenvalue weighted by molar-refractivity contribution is -0.141. The van der Waals surface area contributed by atoms with E-state index in [1.54, 1.807) is 24.3 Å². The van der Waals surface area contributed by atoms with E-state index in [4.69, 9.17) is 19.1 Å². The summed E-state index contributed by atoms with van der Waals surface area (Å²) in [5, 5.41) is 5.98. The van der Waals surface area contributed by atoms with E-state index in [1.807, 2.05) is 84.9 Å². The van der Waals surface area contributed by atoms with Gasteiger partial charge in [0.2, 0.25) is 11.8 Å². The number of nitrogens with one attached hydrogen (secondary N) is 2. The molecule has 0 bridgehead atoms. The summed E-state index contributed by atoms with van der Waals surface area (Å²) in [6, 6.07) is 33.1. The lowest BCUT2D eigenvalue weighted by Gasteiger charge is -2.22. The molecule has 2 aliphatic carbocycles. The predicted molar refractivity (Wildman–Crippen MR) is 211 cm³/mol. The molecule has 2 atom stereocenters. The number of para-hydroxylation sites is 6. The molecule has 2 unspecified atom stereocenters. The van der Waals surface area contributed by atoms with Crippen LogP contribution in [0, 0.1) is 11.8 Å². The highest BCUT2D eigenvalue weighted by molar-refractivity contribution is 5.95. The number of hydrogen-bond acceptors (Lipinski definition) is 10. The molecule has 0 saturated heterocycles. The fraction of sp³-hybridized carbons (Fsp3) is 0.182. The Morgan fingerprint density at radius 1 is 0.552 bits per heavy atom. The maximum absolute atomic E-state index is 13.3. The van der Waals surface area contributed by atoms with Gasteiger partial charge >= 0.3 is 11.9 Å². The third kappa shape index (κ3) is 8.81. The Hall–Kier alpha value is -7.48. The highest BCUT2D eigenvalue weighted by Crippen LogP contribution is 2.33. The van der Waals surface area contributed by atoms with Gasteiger partial charge in [0.25, 0.3) is 0 Å². The number of aromatic nitrogens is 4. The fourth-order valence-electron chi connectivity index (χ4n) is 6.94. The Balaban J connectivity index is 0.814. The number of rotatable bonds is 12. The average molecular weight is 779 g/mol. The molecule has 58 heavy (non-hydrogen) atoms. The molecule has 2 N–H and O–H groups in total. The van der Waals surface area contributed by atoms with E-state index in [0.29, 0.717) is 95.7 Å². The van der Waals surface area contributed by atoms with Gasteiger partial charge in [-0.2, -0.15) is 9.46 Å². The van der Waals surface area contributed by atoms with Crippen LogP contribution < -0.4 is 29.8 Å². The minimum absolute atomic E-state index is 0.168. The second kappa shape index (κ2) is 17.1. The van der Waals surface area contributed by atoms with Crippen LogP contribution in [-0.4, -0.2) is 43.2 Å². The smallest absolute Gasteiger partial charge is 0.356 e. The summed E-state index contributed by atoms with van der Waals surface area (Å²) in [5.74, 6) is -0.313. The summed E-state index contributed by atoms with van der Waals surface area (Å²) in [7, 11) is 0. The zero-order valence-corrected chi connectivity index (χ0v) is 31.2. The molecule has 2 aromatic heterocycles. The SMILES string of the molecule is O=C(/C=C/C(=O)On1cnc2c1CCC(C(=O)Nc1ccccc1Oc1ccccc1)C2)On1cnc2c1CCC(C(=O)Nc1ccccc1Oc1ccccc1)C2. The van der Waals surface area contributed by atoms with E-state index in [2.05, 4.69) is 20.6 Å². The van der Waals surface area contributed by atoms with E-state index in [0.717, 1.165) is 12.2 Å². The molecular formula is C44H38N6O8. The summed E-state index contributed by atoms with van der Waals surface area (Å²) in [6.07, 6.45) is 7.28. The molecule has 0 aliphatic heterocycles. The summed E-state index contributed by atoms with van der Waals surface area (Å²) in [4.78, 5) is 71.7. The van der Waals surface area contributed by atoms with Crippen molar-refractivity contribution in [2.24, 2.45) is 11.8 Å². The van der Waals surface area contributed by atoms with E-state index in [-0.39, 0.29) is 23.7 Å². The van der Waals surface area contributed by atoms with Gasteiger partial charge in [-0.05, 0) is 74.2 Å². The van der Waals surface area contributed by atoms with E-state index < -0.39 is 11.9 Å². The van der Waals surface area contributed by atoms with Crippen LogP contribution in [0.25, 0.3) is 0 Å². The van der Waals surface area contributed by atoms with Gasteiger partial charge in [-0.1, -0.05) is 60.7 Å². The van der Waals surface area contributed by atoms with Crippen molar-refractivity contribution < 1.29 is 38.3 Å². The van der Waals surface area contributed by atoms with Gasteiger partial charge in [-0.3, -0.25) is 9.59 Å². The molecule has 4 aromatic carbocycles. The molecule has 0 radical (unpaired) electrons. The van der Waals surface area contributed by atoms with Crippen molar-refractivity contribution >= 4 is 35.1 Å². The molecule has 8 rings (SSSR count). The largest absolute Gasteiger partial charge is 0.455 e. The summed E-state index contributed by atoms with van der Waals surface area (Å²) in [6.45, 7) is 0. The van der Waals surface area contributed by atoms with Crippen LogP contribution in [0.2, 0.25) is 0 Å². The van der Waals surface area contributed by atoms with Gasteiger partial charge in [-0.15, -0.1) is 0 Å². The first-order valence-corrected chi connectivity index (χ1v) is 18.8. The van der Waals surface area contributed by atoms with Crippen molar-refractivity contribution in [3.63, 3.8) is 0 Å². The topological polar surface area (TPSA) is 165 Å². The first-order chi connectivity index (χ1) is 28.4. The monoisotopic (exact) mass is 778 g/mol. The number of carbonyl (C=O) groups is 4. The van der Waals surface area contributed by atoms with Crippen molar-refractivity contribution in [1.29, 1.82) is 0 Å². The maximum Gasteiger partial charge on any atom is 0.356 e. The van der Waals surface area contributed by atoms with E-state index >= 15 is 0 Å². The van der Waals surface area contributed by atoms with Gasteiger partial charge < -0.3 is 29.8 Å². The second-order valence-corrected chi connectivity index (χ2v) is 13.8. The quantitative estimate of drug-likeness (QED) is 0.134. The molecule has 0 fully saturated rings. The number of nitrogens with zero attached hydrogens (tertiary/aromatic N) is 4. The lowest BCUT2D eigenvalue weighted by atomic mass is 9.89. The van der Waals surface area contributed by atoms with Crippen molar-refractivity contribution in [3.05, 3.63) is 157 Å². The van der Waals surface area contributed by atoms with Crippen LogP contribution >= 0.6 is 0 Å². The number of fused-ring (bicyclic) bond motifs is 2. The van der Waals surface area contributed by atoms with Crippen LogP contribution in [0.4, 0.5) is 11.4 Å². The van der Waals surface area contributed by atoms with Crippen molar-refractivity contribution in [2.45, 2.75) is 38.5 Å².